The SMILES string of the molecule is CC1=CCC=C(c2ccc(-c3ccccc3)cc2)C=C1. The highest BCUT2D eigenvalue weighted by Gasteiger charge is 2.01. The number of benzene rings is 2. The molecule has 0 spiro atoms. The fraction of sp³-hybridized carbons (Fsp3) is 0.100. The molecule has 0 unspecified atom stereocenters. The zero-order chi connectivity index (χ0) is 13.8. The molecule has 0 atom stereocenters. The van der Waals surface area contributed by atoms with Crippen molar-refractivity contribution >= 4 is 5.57 Å². The molecule has 3 rings (SSSR count). The predicted octanol–water partition coefficient (Wildman–Crippen LogP) is 5.64. The highest BCUT2D eigenvalue weighted by Crippen LogP contribution is 2.24. The molecule has 0 fully saturated rings. The smallest absolute Gasteiger partial charge is 0.0154 e. The van der Waals surface area contributed by atoms with Crippen LogP contribution in [0.15, 0.2) is 84.5 Å². The fourth-order valence-corrected chi connectivity index (χ4v) is 2.43. The van der Waals surface area contributed by atoms with Crippen LogP contribution in [0.1, 0.15) is 18.9 Å². The third-order valence-electron chi connectivity index (χ3n) is 3.63. The van der Waals surface area contributed by atoms with E-state index in [0.717, 1.165) is 6.42 Å². The molecule has 0 heteroatoms. The van der Waals surface area contributed by atoms with Crippen LogP contribution in [0.4, 0.5) is 0 Å². The third kappa shape index (κ3) is 2.80. The van der Waals surface area contributed by atoms with Gasteiger partial charge in [0.25, 0.3) is 0 Å². The van der Waals surface area contributed by atoms with E-state index in [2.05, 4.69) is 79.8 Å². The summed E-state index contributed by atoms with van der Waals surface area (Å²) >= 11 is 0. The van der Waals surface area contributed by atoms with Crippen molar-refractivity contribution in [1.82, 2.24) is 0 Å². The summed E-state index contributed by atoms with van der Waals surface area (Å²) in [6, 6.07) is 19.3. The van der Waals surface area contributed by atoms with E-state index in [1.165, 1.54) is 27.8 Å². The van der Waals surface area contributed by atoms with Gasteiger partial charge in [0.1, 0.15) is 0 Å². The molecule has 0 nitrogen and oxygen atoms in total. The van der Waals surface area contributed by atoms with Crippen LogP contribution in [0.5, 0.6) is 0 Å². The van der Waals surface area contributed by atoms with Crippen LogP contribution in [0.2, 0.25) is 0 Å². The Morgan fingerprint density at radius 1 is 0.650 bits per heavy atom. The zero-order valence-corrected chi connectivity index (χ0v) is 11.7. The first-order valence-corrected chi connectivity index (χ1v) is 7.04. The molecule has 0 heterocycles. The van der Waals surface area contributed by atoms with Gasteiger partial charge in [0, 0.05) is 0 Å². The van der Waals surface area contributed by atoms with Crippen molar-refractivity contribution in [3.63, 3.8) is 0 Å². The Kier molecular flexibility index (Phi) is 3.64. The molecule has 0 aromatic heterocycles. The molecule has 0 aliphatic heterocycles. The van der Waals surface area contributed by atoms with Crippen molar-refractivity contribution in [3.05, 3.63) is 90.0 Å². The van der Waals surface area contributed by atoms with Gasteiger partial charge in [-0.1, -0.05) is 84.5 Å². The maximum Gasteiger partial charge on any atom is -0.0154 e. The van der Waals surface area contributed by atoms with Crippen molar-refractivity contribution in [1.29, 1.82) is 0 Å². The van der Waals surface area contributed by atoms with E-state index >= 15 is 0 Å². The number of allylic oxidation sites excluding steroid dienone is 6. The average Bonchev–Trinajstić information content (AvgIpc) is 2.73. The highest BCUT2D eigenvalue weighted by atomic mass is 14.1. The van der Waals surface area contributed by atoms with Crippen LogP contribution in [0.25, 0.3) is 16.7 Å². The van der Waals surface area contributed by atoms with E-state index in [4.69, 9.17) is 0 Å². The van der Waals surface area contributed by atoms with Gasteiger partial charge < -0.3 is 0 Å². The largest absolute Gasteiger partial charge is 0.0778 e. The Morgan fingerprint density at radius 3 is 2.05 bits per heavy atom. The molecule has 0 N–H and O–H groups in total. The fourth-order valence-electron chi connectivity index (χ4n) is 2.43. The summed E-state index contributed by atoms with van der Waals surface area (Å²) < 4.78 is 0. The van der Waals surface area contributed by atoms with Crippen LogP contribution >= 0.6 is 0 Å². The molecule has 0 saturated carbocycles. The van der Waals surface area contributed by atoms with Gasteiger partial charge >= 0.3 is 0 Å². The standard InChI is InChI=1S/C20H18/c1-16-6-5-9-18(11-10-16)20-14-12-19(13-15-20)17-7-3-2-4-8-17/h2-4,6-15H,5H2,1H3. The normalized spacial score (nSPS) is 14.4. The van der Waals surface area contributed by atoms with Gasteiger partial charge in [-0.25, -0.2) is 0 Å². The quantitative estimate of drug-likeness (QED) is 0.653. The molecular formula is C20H18. The topological polar surface area (TPSA) is 0 Å². The second kappa shape index (κ2) is 5.75. The molecular weight excluding hydrogens is 240 g/mol. The van der Waals surface area contributed by atoms with Gasteiger partial charge in [-0.3, -0.25) is 0 Å². The molecule has 1 aliphatic rings. The van der Waals surface area contributed by atoms with Gasteiger partial charge in [-0.05, 0) is 35.6 Å². The lowest BCUT2D eigenvalue weighted by atomic mass is 10.00. The van der Waals surface area contributed by atoms with Gasteiger partial charge in [0.05, 0.1) is 0 Å². The lowest BCUT2D eigenvalue weighted by Gasteiger charge is -2.05. The lowest BCUT2D eigenvalue weighted by Crippen LogP contribution is -1.82. The van der Waals surface area contributed by atoms with Crippen LogP contribution in [0.3, 0.4) is 0 Å². The zero-order valence-electron chi connectivity index (χ0n) is 11.7. The minimum atomic E-state index is 1.01. The molecule has 2 aromatic rings. The maximum atomic E-state index is 2.28. The summed E-state index contributed by atoms with van der Waals surface area (Å²) in [5, 5.41) is 0. The van der Waals surface area contributed by atoms with E-state index in [0.29, 0.717) is 0 Å². The minimum Gasteiger partial charge on any atom is -0.0778 e. The maximum absolute atomic E-state index is 2.28. The van der Waals surface area contributed by atoms with E-state index < -0.39 is 0 Å². The summed E-state index contributed by atoms with van der Waals surface area (Å²) in [4.78, 5) is 0. The molecule has 98 valence electrons. The lowest BCUT2D eigenvalue weighted by molar-refractivity contribution is 1.35. The Balaban J connectivity index is 1.87. The Bertz CT molecular complexity index is 668. The first kappa shape index (κ1) is 12.7. The molecule has 0 amide bonds. The van der Waals surface area contributed by atoms with E-state index in [-0.39, 0.29) is 0 Å². The van der Waals surface area contributed by atoms with Crippen molar-refractivity contribution in [2.24, 2.45) is 0 Å². The van der Waals surface area contributed by atoms with Gasteiger partial charge in [-0.2, -0.15) is 0 Å². The number of rotatable bonds is 2. The van der Waals surface area contributed by atoms with Crippen LogP contribution in [-0.2, 0) is 0 Å². The monoisotopic (exact) mass is 258 g/mol. The Hall–Kier alpha value is -2.34. The molecule has 20 heavy (non-hydrogen) atoms. The van der Waals surface area contributed by atoms with Crippen LogP contribution in [-0.4, -0.2) is 0 Å². The van der Waals surface area contributed by atoms with E-state index in [1.807, 2.05) is 6.07 Å². The second-order valence-electron chi connectivity index (χ2n) is 5.12. The molecule has 0 saturated heterocycles. The molecule has 2 aromatic carbocycles. The highest BCUT2D eigenvalue weighted by molar-refractivity contribution is 5.77. The molecule has 1 aliphatic carbocycles. The minimum absolute atomic E-state index is 1.01. The summed E-state index contributed by atoms with van der Waals surface area (Å²) in [5.74, 6) is 0. The van der Waals surface area contributed by atoms with E-state index in [1.54, 1.807) is 0 Å². The molecule has 0 bridgehead atoms. The average molecular weight is 258 g/mol. The molecule has 0 radical (unpaired) electrons. The number of hydrogen-bond acceptors (Lipinski definition) is 0. The Labute approximate surface area is 120 Å². The first-order valence-electron chi connectivity index (χ1n) is 7.04. The van der Waals surface area contributed by atoms with Gasteiger partial charge in [-0.15, -0.1) is 0 Å². The second-order valence-corrected chi connectivity index (χ2v) is 5.12. The third-order valence-corrected chi connectivity index (χ3v) is 3.63. The van der Waals surface area contributed by atoms with Crippen LogP contribution in [0, 0.1) is 0 Å². The van der Waals surface area contributed by atoms with Gasteiger partial charge in [0.15, 0.2) is 0 Å². The Morgan fingerprint density at radius 2 is 1.30 bits per heavy atom. The number of hydrogen-bond donors (Lipinski definition) is 0. The predicted molar refractivity (Wildman–Crippen MR) is 87.4 cm³/mol. The summed E-state index contributed by atoms with van der Waals surface area (Å²) in [5.41, 5.74) is 6.45. The van der Waals surface area contributed by atoms with Crippen molar-refractivity contribution in [2.75, 3.05) is 0 Å². The summed E-state index contributed by atoms with van der Waals surface area (Å²) in [6.45, 7) is 2.14. The van der Waals surface area contributed by atoms with Gasteiger partial charge in [0.2, 0.25) is 0 Å². The van der Waals surface area contributed by atoms with Crippen LogP contribution < -0.4 is 0 Å². The summed E-state index contributed by atoms with van der Waals surface area (Å²) in [6.07, 6.45) is 9.93. The van der Waals surface area contributed by atoms with E-state index in [9.17, 15) is 0 Å². The van der Waals surface area contributed by atoms with Crippen molar-refractivity contribution < 1.29 is 0 Å². The summed E-state index contributed by atoms with van der Waals surface area (Å²) in [7, 11) is 0. The van der Waals surface area contributed by atoms with Crippen molar-refractivity contribution in [3.8, 4) is 11.1 Å². The van der Waals surface area contributed by atoms with Crippen molar-refractivity contribution in [2.45, 2.75) is 13.3 Å². The first-order chi connectivity index (χ1) is 9.83.